The Kier molecular flexibility index (Phi) is 2.64. The topological polar surface area (TPSA) is 26.0 Å². The van der Waals surface area contributed by atoms with Crippen molar-refractivity contribution in [1.29, 1.82) is 0 Å². The van der Waals surface area contributed by atoms with Crippen molar-refractivity contribution in [3.8, 4) is 0 Å². The molecule has 0 radical (unpaired) electrons. The molecule has 3 heteroatoms. The summed E-state index contributed by atoms with van der Waals surface area (Å²) in [6, 6.07) is 3.40. The molecule has 0 spiro atoms. The number of nitrogen functional groups attached to an aromatic ring is 1. The molecule has 1 aliphatic carbocycles. The third-order valence-corrected chi connectivity index (χ3v) is 3.20. The number of benzene rings is 1. The third kappa shape index (κ3) is 1.79. The highest BCUT2D eigenvalue weighted by Crippen LogP contribution is 2.44. The van der Waals surface area contributed by atoms with Crippen LogP contribution in [0.15, 0.2) is 12.1 Å². The van der Waals surface area contributed by atoms with Gasteiger partial charge in [-0.05, 0) is 42.0 Å². The van der Waals surface area contributed by atoms with Crippen molar-refractivity contribution in [3.05, 3.63) is 28.8 Å². The molecule has 0 fully saturated rings. The summed E-state index contributed by atoms with van der Waals surface area (Å²) in [6.45, 7) is 3.86. The van der Waals surface area contributed by atoms with Gasteiger partial charge >= 0.3 is 0 Å². The zero-order valence-corrected chi connectivity index (χ0v) is 9.69. The maximum Gasteiger partial charge on any atom is 0.273 e. The van der Waals surface area contributed by atoms with Gasteiger partial charge in [-0.25, -0.2) is 8.78 Å². The Hall–Kier alpha value is -1.12. The molecule has 1 aromatic carbocycles. The second kappa shape index (κ2) is 3.72. The molecule has 88 valence electrons. The first-order chi connectivity index (χ1) is 7.42. The predicted octanol–water partition coefficient (Wildman–Crippen LogP) is 3.82. The summed E-state index contributed by atoms with van der Waals surface area (Å²) in [4.78, 5) is 0. The second-order valence-corrected chi connectivity index (χ2v) is 4.86. The number of aryl methyl sites for hydroxylation is 1. The average Bonchev–Trinajstić information content (AvgIpc) is 2.14. The van der Waals surface area contributed by atoms with Gasteiger partial charge in [-0.3, -0.25) is 0 Å². The Balaban J connectivity index is 2.66. The van der Waals surface area contributed by atoms with Gasteiger partial charge in [0, 0.05) is 17.7 Å². The molecule has 0 unspecified atom stereocenters. The smallest absolute Gasteiger partial charge is 0.273 e. The monoisotopic (exact) mass is 225 g/mol. The molecule has 0 aromatic heterocycles. The molecule has 1 nitrogen and oxygen atoms in total. The SMILES string of the molecule is CC(C)c1cc(N)cc2c1C(F)(F)CCC2. The highest BCUT2D eigenvalue weighted by atomic mass is 19.3. The molecule has 0 saturated carbocycles. The Morgan fingerprint density at radius 2 is 2.00 bits per heavy atom. The number of anilines is 1. The molecular formula is C13H17F2N. The summed E-state index contributed by atoms with van der Waals surface area (Å²) in [5.74, 6) is -2.60. The molecule has 0 amide bonds. The minimum Gasteiger partial charge on any atom is -0.399 e. The van der Waals surface area contributed by atoms with Crippen LogP contribution in [0.3, 0.4) is 0 Å². The van der Waals surface area contributed by atoms with Crippen molar-refractivity contribution in [2.75, 3.05) is 5.73 Å². The minimum atomic E-state index is -2.68. The first kappa shape index (κ1) is 11.4. The third-order valence-electron chi connectivity index (χ3n) is 3.20. The van der Waals surface area contributed by atoms with Crippen LogP contribution in [0.1, 0.15) is 49.3 Å². The minimum absolute atomic E-state index is 0.0381. The fourth-order valence-electron chi connectivity index (χ4n) is 2.48. The lowest BCUT2D eigenvalue weighted by atomic mass is 9.82. The van der Waals surface area contributed by atoms with Gasteiger partial charge in [0.15, 0.2) is 0 Å². The van der Waals surface area contributed by atoms with Crippen LogP contribution in [-0.4, -0.2) is 0 Å². The van der Waals surface area contributed by atoms with E-state index in [-0.39, 0.29) is 17.9 Å². The van der Waals surface area contributed by atoms with E-state index in [9.17, 15) is 8.78 Å². The summed E-state index contributed by atoms with van der Waals surface area (Å²) in [7, 11) is 0. The molecule has 0 saturated heterocycles. The molecule has 2 N–H and O–H groups in total. The van der Waals surface area contributed by atoms with Crippen molar-refractivity contribution in [3.63, 3.8) is 0 Å². The number of nitrogens with two attached hydrogens (primary N) is 1. The lowest BCUT2D eigenvalue weighted by molar-refractivity contribution is -0.0227. The van der Waals surface area contributed by atoms with E-state index in [2.05, 4.69) is 0 Å². The van der Waals surface area contributed by atoms with Crippen LogP contribution in [0.2, 0.25) is 0 Å². The summed E-state index contributed by atoms with van der Waals surface area (Å²) < 4.78 is 27.8. The van der Waals surface area contributed by atoms with E-state index in [0.29, 0.717) is 17.7 Å². The summed E-state index contributed by atoms with van der Waals surface area (Å²) in [5.41, 5.74) is 8.04. The fraction of sp³-hybridized carbons (Fsp3) is 0.538. The molecule has 0 atom stereocenters. The summed E-state index contributed by atoms with van der Waals surface area (Å²) in [6.07, 6.45) is 1.22. The molecule has 0 bridgehead atoms. The van der Waals surface area contributed by atoms with Crippen LogP contribution < -0.4 is 5.73 Å². The van der Waals surface area contributed by atoms with E-state index in [4.69, 9.17) is 5.73 Å². The first-order valence-electron chi connectivity index (χ1n) is 5.72. The molecule has 1 aliphatic rings. The van der Waals surface area contributed by atoms with Gasteiger partial charge in [-0.15, -0.1) is 0 Å². The molecular weight excluding hydrogens is 208 g/mol. The van der Waals surface area contributed by atoms with Gasteiger partial charge in [0.25, 0.3) is 5.92 Å². The molecule has 16 heavy (non-hydrogen) atoms. The van der Waals surface area contributed by atoms with Gasteiger partial charge in [0.1, 0.15) is 0 Å². The van der Waals surface area contributed by atoms with E-state index in [1.165, 1.54) is 0 Å². The first-order valence-corrected chi connectivity index (χ1v) is 5.72. The van der Waals surface area contributed by atoms with Crippen LogP contribution in [0, 0.1) is 0 Å². The van der Waals surface area contributed by atoms with E-state index >= 15 is 0 Å². The van der Waals surface area contributed by atoms with Crippen LogP contribution in [0.5, 0.6) is 0 Å². The number of fused-ring (bicyclic) bond motifs is 1. The molecule has 0 heterocycles. The Bertz CT molecular complexity index is 411. The predicted molar refractivity (Wildman–Crippen MR) is 61.8 cm³/mol. The van der Waals surface area contributed by atoms with Crippen molar-refractivity contribution < 1.29 is 8.78 Å². The number of hydrogen-bond acceptors (Lipinski definition) is 1. The zero-order chi connectivity index (χ0) is 11.9. The average molecular weight is 225 g/mol. The molecule has 0 aliphatic heterocycles. The quantitative estimate of drug-likeness (QED) is 0.722. The lowest BCUT2D eigenvalue weighted by Gasteiger charge is -2.29. The Labute approximate surface area is 94.7 Å². The zero-order valence-electron chi connectivity index (χ0n) is 9.69. The second-order valence-electron chi connectivity index (χ2n) is 4.86. The normalized spacial score (nSPS) is 18.6. The maximum atomic E-state index is 13.9. The van der Waals surface area contributed by atoms with Crippen LogP contribution in [0.4, 0.5) is 14.5 Å². The van der Waals surface area contributed by atoms with E-state index in [1.807, 2.05) is 13.8 Å². The van der Waals surface area contributed by atoms with Crippen LogP contribution in [-0.2, 0) is 12.3 Å². The lowest BCUT2D eigenvalue weighted by Crippen LogP contribution is -2.23. The highest BCUT2D eigenvalue weighted by Gasteiger charge is 2.39. The highest BCUT2D eigenvalue weighted by molar-refractivity contribution is 5.53. The van der Waals surface area contributed by atoms with Crippen LogP contribution >= 0.6 is 0 Å². The van der Waals surface area contributed by atoms with Crippen molar-refractivity contribution in [2.45, 2.75) is 45.0 Å². The van der Waals surface area contributed by atoms with Gasteiger partial charge in [-0.2, -0.15) is 0 Å². The van der Waals surface area contributed by atoms with Crippen molar-refractivity contribution in [1.82, 2.24) is 0 Å². The van der Waals surface area contributed by atoms with Gasteiger partial charge in [-0.1, -0.05) is 13.8 Å². The van der Waals surface area contributed by atoms with Gasteiger partial charge < -0.3 is 5.73 Å². The van der Waals surface area contributed by atoms with Crippen molar-refractivity contribution in [2.24, 2.45) is 0 Å². The number of rotatable bonds is 1. The van der Waals surface area contributed by atoms with E-state index < -0.39 is 5.92 Å². The van der Waals surface area contributed by atoms with Crippen LogP contribution in [0.25, 0.3) is 0 Å². The van der Waals surface area contributed by atoms with Gasteiger partial charge in [0.05, 0.1) is 0 Å². The van der Waals surface area contributed by atoms with Gasteiger partial charge in [0.2, 0.25) is 0 Å². The number of alkyl halides is 2. The molecule has 2 rings (SSSR count). The summed E-state index contributed by atoms with van der Waals surface area (Å²) >= 11 is 0. The van der Waals surface area contributed by atoms with E-state index in [1.54, 1.807) is 12.1 Å². The number of hydrogen-bond donors (Lipinski definition) is 1. The fourth-order valence-corrected chi connectivity index (χ4v) is 2.48. The van der Waals surface area contributed by atoms with Crippen molar-refractivity contribution >= 4 is 5.69 Å². The maximum absolute atomic E-state index is 13.9. The molecule has 1 aromatic rings. The Morgan fingerprint density at radius 1 is 1.31 bits per heavy atom. The van der Waals surface area contributed by atoms with E-state index in [0.717, 1.165) is 12.0 Å². The standard InChI is InChI=1S/C13H17F2N/c1-8(2)11-7-10(16)6-9-4-3-5-13(14,15)12(9)11/h6-8H,3-5,16H2,1-2H3. The summed E-state index contributed by atoms with van der Waals surface area (Å²) in [5, 5.41) is 0. The number of halogens is 2. The Morgan fingerprint density at radius 3 is 2.62 bits per heavy atom. The largest absolute Gasteiger partial charge is 0.399 e.